The zero-order valence-corrected chi connectivity index (χ0v) is 17.3. The topological polar surface area (TPSA) is 43.6 Å². The Morgan fingerprint density at radius 1 is 0.828 bits per heavy atom. The summed E-state index contributed by atoms with van der Waals surface area (Å²) in [7, 11) is 9.47. The van der Waals surface area contributed by atoms with Gasteiger partial charge in [-0.05, 0) is 48.5 Å². The Labute approximate surface area is 180 Å². The van der Waals surface area contributed by atoms with Gasteiger partial charge in [0.2, 0.25) is 0 Å². The summed E-state index contributed by atoms with van der Waals surface area (Å²) in [6, 6.07) is 20.2. The SMILES string of the molecule is Fc1ccc(-c2ccn(-c3ccc4ccc5cccnc5c4n3)n2)cc1.[Cl][Co][Cl]. The van der Waals surface area contributed by atoms with Gasteiger partial charge < -0.3 is 0 Å². The van der Waals surface area contributed by atoms with E-state index < -0.39 is 0 Å². The molecule has 3 aromatic heterocycles. The van der Waals surface area contributed by atoms with Crippen molar-refractivity contribution in [3.8, 4) is 17.1 Å². The molecule has 0 unspecified atom stereocenters. The van der Waals surface area contributed by atoms with E-state index in [1.807, 2.05) is 48.7 Å². The fourth-order valence-electron chi connectivity index (χ4n) is 3.07. The number of halogens is 3. The van der Waals surface area contributed by atoms with Gasteiger partial charge >= 0.3 is 33.2 Å². The van der Waals surface area contributed by atoms with Crippen molar-refractivity contribution < 1.29 is 17.3 Å². The third-order valence-electron chi connectivity index (χ3n) is 4.38. The predicted molar refractivity (Wildman–Crippen MR) is 111 cm³/mol. The van der Waals surface area contributed by atoms with Crippen LogP contribution in [0, 0.1) is 5.82 Å². The van der Waals surface area contributed by atoms with Crippen molar-refractivity contribution in [1.82, 2.24) is 19.7 Å². The molecule has 5 rings (SSSR count). The molecular weight excluding hydrogens is 457 g/mol. The fourth-order valence-corrected chi connectivity index (χ4v) is 3.07. The van der Waals surface area contributed by atoms with Crippen molar-refractivity contribution in [3.05, 3.63) is 84.9 Å². The van der Waals surface area contributed by atoms with Crippen molar-refractivity contribution in [3.63, 3.8) is 0 Å². The van der Waals surface area contributed by atoms with Gasteiger partial charge in [-0.15, -0.1) is 0 Å². The van der Waals surface area contributed by atoms with E-state index in [0.717, 1.165) is 33.1 Å². The van der Waals surface area contributed by atoms with Crippen molar-refractivity contribution in [1.29, 1.82) is 0 Å². The van der Waals surface area contributed by atoms with Gasteiger partial charge in [0.25, 0.3) is 0 Å². The zero-order chi connectivity index (χ0) is 20.2. The summed E-state index contributed by atoms with van der Waals surface area (Å²) in [5, 5.41) is 6.66. The minimum atomic E-state index is -0.260. The Morgan fingerprint density at radius 3 is 2.28 bits per heavy atom. The van der Waals surface area contributed by atoms with Gasteiger partial charge in [-0.25, -0.2) is 14.1 Å². The fraction of sp³-hybridized carbons (Fsp3) is 0. The van der Waals surface area contributed by atoms with Crippen LogP contribution in [0.15, 0.2) is 79.1 Å². The van der Waals surface area contributed by atoms with Crippen LogP contribution in [-0.2, 0) is 12.9 Å². The number of hydrogen-bond acceptors (Lipinski definition) is 3. The first-order chi connectivity index (χ1) is 14.2. The van der Waals surface area contributed by atoms with Crippen molar-refractivity contribution in [2.24, 2.45) is 0 Å². The van der Waals surface area contributed by atoms with E-state index in [-0.39, 0.29) is 5.82 Å². The van der Waals surface area contributed by atoms with Gasteiger partial charge in [0.15, 0.2) is 5.82 Å². The normalized spacial score (nSPS) is 10.9. The second kappa shape index (κ2) is 8.88. The van der Waals surface area contributed by atoms with Crippen LogP contribution in [0.1, 0.15) is 0 Å². The first-order valence-corrected chi connectivity index (χ1v) is 11.4. The molecule has 0 bridgehead atoms. The zero-order valence-electron chi connectivity index (χ0n) is 14.8. The Bertz CT molecular complexity index is 1270. The molecule has 2 aromatic carbocycles. The molecule has 0 atom stereocenters. The minimum absolute atomic E-state index is 0.260. The number of fused-ring (bicyclic) bond motifs is 3. The molecule has 0 saturated heterocycles. The number of hydrogen-bond donors (Lipinski definition) is 0. The molecule has 0 radical (unpaired) electrons. The molecule has 5 aromatic rings. The van der Waals surface area contributed by atoms with Gasteiger partial charge in [-0.1, -0.05) is 18.2 Å². The van der Waals surface area contributed by atoms with Crippen molar-refractivity contribution in [2.45, 2.75) is 0 Å². The maximum atomic E-state index is 13.1. The van der Waals surface area contributed by atoms with E-state index in [1.165, 1.54) is 12.1 Å². The number of pyridine rings is 2. The molecule has 0 N–H and O–H groups in total. The first kappa shape index (κ1) is 19.8. The Morgan fingerprint density at radius 2 is 1.52 bits per heavy atom. The molecule has 29 heavy (non-hydrogen) atoms. The van der Waals surface area contributed by atoms with Gasteiger partial charge in [0, 0.05) is 28.7 Å². The van der Waals surface area contributed by atoms with E-state index in [1.54, 1.807) is 23.0 Å². The van der Waals surface area contributed by atoms with E-state index >= 15 is 0 Å². The quantitative estimate of drug-likeness (QED) is 0.291. The summed E-state index contributed by atoms with van der Waals surface area (Å²) < 4.78 is 14.8. The van der Waals surface area contributed by atoms with E-state index in [4.69, 9.17) is 25.3 Å². The van der Waals surface area contributed by atoms with Crippen LogP contribution in [0.5, 0.6) is 0 Å². The average molecular weight is 470 g/mol. The maximum absolute atomic E-state index is 13.1. The van der Waals surface area contributed by atoms with Gasteiger partial charge in [-0.3, -0.25) is 4.98 Å². The van der Waals surface area contributed by atoms with Gasteiger partial charge in [-0.2, -0.15) is 5.10 Å². The molecule has 0 saturated carbocycles. The van der Waals surface area contributed by atoms with Crippen LogP contribution in [0.2, 0.25) is 0 Å². The summed E-state index contributed by atoms with van der Waals surface area (Å²) in [5.41, 5.74) is 3.35. The molecule has 0 aliphatic heterocycles. The van der Waals surface area contributed by atoms with Crippen molar-refractivity contribution in [2.75, 3.05) is 0 Å². The molecule has 147 valence electrons. The molecule has 0 spiro atoms. The monoisotopic (exact) mass is 469 g/mol. The number of benzene rings is 2. The second-order valence-corrected chi connectivity index (χ2v) is 7.80. The predicted octanol–water partition coefficient (Wildman–Crippen LogP) is 6.15. The second-order valence-electron chi connectivity index (χ2n) is 6.08. The molecule has 0 fully saturated rings. The summed E-state index contributed by atoms with van der Waals surface area (Å²) in [5.74, 6) is 0.452. The van der Waals surface area contributed by atoms with Crippen LogP contribution in [0.4, 0.5) is 4.39 Å². The summed E-state index contributed by atoms with van der Waals surface area (Å²) >= 11 is 0.382. The summed E-state index contributed by atoms with van der Waals surface area (Å²) in [6.07, 6.45) is 3.63. The summed E-state index contributed by atoms with van der Waals surface area (Å²) in [4.78, 5) is 9.25. The third-order valence-corrected chi connectivity index (χ3v) is 4.38. The third kappa shape index (κ3) is 4.25. The Kier molecular flexibility index (Phi) is 6.06. The summed E-state index contributed by atoms with van der Waals surface area (Å²) in [6.45, 7) is 0. The number of nitrogens with zero attached hydrogens (tertiary/aromatic N) is 4. The molecule has 4 nitrogen and oxygen atoms in total. The molecule has 8 heteroatoms. The van der Waals surface area contributed by atoms with Crippen LogP contribution in [0.25, 0.3) is 38.9 Å². The van der Waals surface area contributed by atoms with Gasteiger partial charge in [0.1, 0.15) is 5.82 Å². The molecule has 0 aliphatic carbocycles. The van der Waals surface area contributed by atoms with Crippen LogP contribution < -0.4 is 0 Å². The van der Waals surface area contributed by atoms with E-state index in [2.05, 4.69) is 10.1 Å². The molecule has 0 amide bonds. The van der Waals surface area contributed by atoms with E-state index in [9.17, 15) is 4.39 Å². The van der Waals surface area contributed by atoms with Crippen LogP contribution in [-0.4, -0.2) is 19.7 Å². The Balaban J connectivity index is 0.000000645. The first-order valence-electron chi connectivity index (χ1n) is 8.50. The molecular formula is C21H13Cl2CoFN4. The molecule has 0 aliphatic rings. The van der Waals surface area contributed by atoms with E-state index in [0.29, 0.717) is 18.7 Å². The standard InChI is InChI=1S/C21H13FN4.2ClH.Co/c22-17-8-5-14(6-9-17)18-11-13-26(25-18)19-10-7-16-4-3-15-2-1-12-23-20(15)21(16)24-19;;;/h1-13H;2*1H;/q;;;+2/p-2. The van der Waals surface area contributed by atoms with Gasteiger partial charge in [0.05, 0.1) is 16.7 Å². The average Bonchev–Trinajstić information content (AvgIpc) is 3.25. The molecule has 3 heterocycles. The Hall–Kier alpha value is -2.51. The van der Waals surface area contributed by atoms with Crippen molar-refractivity contribution >= 4 is 42.1 Å². The number of aromatic nitrogens is 4. The number of rotatable bonds is 2. The van der Waals surface area contributed by atoms with Crippen LogP contribution in [0.3, 0.4) is 0 Å². The van der Waals surface area contributed by atoms with Crippen LogP contribution >= 0.6 is 20.3 Å².